The maximum absolute atomic E-state index is 12.6. The fourth-order valence-corrected chi connectivity index (χ4v) is 4.28. The number of aryl methyl sites for hydroxylation is 1. The standard InChI is InChI=1S/C23H25BrN4O2/c1-27-22(20(24)16-25-27)19-15-18(26-23(29)17-7-3-2-4-8-17)9-10-21(19)30-14-13-28-11-5-6-12-28/h2-4,7-10,15-16H,5-6,11-14H2,1H3,(H,26,29). The van der Waals surface area contributed by atoms with Gasteiger partial charge in [0.15, 0.2) is 0 Å². The van der Waals surface area contributed by atoms with Crippen molar-refractivity contribution in [2.24, 2.45) is 7.05 Å². The first-order valence-corrected chi connectivity index (χ1v) is 10.9. The van der Waals surface area contributed by atoms with Crippen LogP contribution in [-0.2, 0) is 7.05 Å². The van der Waals surface area contributed by atoms with Crippen molar-refractivity contribution >= 4 is 27.5 Å². The number of benzene rings is 2. The van der Waals surface area contributed by atoms with Gasteiger partial charge in [-0.1, -0.05) is 18.2 Å². The Morgan fingerprint density at radius 1 is 1.17 bits per heavy atom. The predicted octanol–water partition coefficient (Wildman–Crippen LogP) is 4.58. The van der Waals surface area contributed by atoms with Crippen molar-refractivity contribution in [2.45, 2.75) is 12.8 Å². The van der Waals surface area contributed by atoms with E-state index >= 15 is 0 Å². The maximum atomic E-state index is 12.6. The Morgan fingerprint density at radius 2 is 1.93 bits per heavy atom. The van der Waals surface area contributed by atoms with E-state index in [2.05, 4.69) is 31.2 Å². The second-order valence-corrected chi connectivity index (χ2v) is 8.25. The Labute approximate surface area is 185 Å². The molecule has 156 valence electrons. The molecule has 1 N–H and O–H groups in total. The van der Waals surface area contributed by atoms with Gasteiger partial charge in [0.1, 0.15) is 12.4 Å². The van der Waals surface area contributed by atoms with Crippen molar-refractivity contribution < 1.29 is 9.53 Å². The molecule has 0 unspecified atom stereocenters. The number of nitrogens with zero attached hydrogens (tertiary/aromatic N) is 3. The summed E-state index contributed by atoms with van der Waals surface area (Å²) in [5.41, 5.74) is 3.11. The number of anilines is 1. The van der Waals surface area contributed by atoms with Crippen LogP contribution in [0.15, 0.2) is 59.2 Å². The van der Waals surface area contributed by atoms with Crippen LogP contribution in [0.25, 0.3) is 11.3 Å². The zero-order chi connectivity index (χ0) is 20.9. The Morgan fingerprint density at radius 3 is 2.63 bits per heavy atom. The largest absolute Gasteiger partial charge is 0.492 e. The van der Waals surface area contributed by atoms with Crippen LogP contribution >= 0.6 is 15.9 Å². The van der Waals surface area contributed by atoms with Gasteiger partial charge in [0, 0.05) is 30.4 Å². The molecule has 1 saturated heterocycles. The van der Waals surface area contributed by atoms with Crippen molar-refractivity contribution in [3.05, 3.63) is 64.8 Å². The van der Waals surface area contributed by atoms with Crippen molar-refractivity contribution in [3.63, 3.8) is 0 Å². The molecule has 3 aromatic rings. The molecule has 0 bridgehead atoms. The van der Waals surface area contributed by atoms with Crippen LogP contribution in [0.1, 0.15) is 23.2 Å². The summed E-state index contributed by atoms with van der Waals surface area (Å²) in [4.78, 5) is 15.0. The van der Waals surface area contributed by atoms with Gasteiger partial charge in [-0.25, -0.2) is 0 Å². The second-order valence-electron chi connectivity index (χ2n) is 7.39. The van der Waals surface area contributed by atoms with Gasteiger partial charge in [-0.15, -0.1) is 0 Å². The van der Waals surface area contributed by atoms with Gasteiger partial charge in [-0.2, -0.15) is 5.10 Å². The van der Waals surface area contributed by atoms with E-state index in [0.29, 0.717) is 17.9 Å². The van der Waals surface area contributed by atoms with Gasteiger partial charge in [-0.05, 0) is 72.2 Å². The van der Waals surface area contributed by atoms with Gasteiger partial charge in [-0.3, -0.25) is 14.4 Å². The molecule has 0 radical (unpaired) electrons. The molecule has 0 aliphatic carbocycles. The lowest BCUT2D eigenvalue weighted by atomic mass is 10.1. The number of ether oxygens (including phenoxy) is 1. The molecule has 0 atom stereocenters. The van der Waals surface area contributed by atoms with E-state index in [1.54, 1.807) is 23.0 Å². The number of hydrogen-bond donors (Lipinski definition) is 1. The molecule has 1 aliphatic rings. The summed E-state index contributed by atoms with van der Waals surface area (Å²) in [6, 6.07) is 14.9. The molecule has 2 aromatic carbocycles. The minimum Gasteiger partial charge on any atom is -0.492 e. The molecule has 7 heteroatoms. The van der Waals surface area contributed by atoms with Gasteiger partial charge < -0.3 is 10.1 Å². The molecule has 0 spiro atoms. The van der Waals surface area contributed by atoms with Crippen molar-refractivity contribution in [1.82, 2.24) is 14.7 Å². The fraction of sp³-hybridized carbons (Fsp3) is 0.304. The van der Waals surface area contributed by atoms with Crippen LogP contribution in [0.2, 0.25) is 0 Å². The average molecular weight is 469 g/mol. The highest BCUT2D eigenvalue weighted by molar-refractivity contribution is 9.10. The Balaban J connectivity index is 1.57. The highest BCUT2D eigenvalue weighted by Gasteiger charge is 2.17. The molecule has 1 aliphatic heterocycles. The van der Waals surface area contributed by atoms with E-state index in [0.717, 1.165) is 41.1 Å². The lowest BCUT2D eigenvalue weighted by Gasteiger charge is -2.18. The van der Waals surface area contributed by atoms with Crippen molar-refractivity contribution in [2.75, 3.05) is 31.6 Å². The second kappa shape index (κ2) is 9.45. The number of amides is 1. The van der Waals surface area contributed by atoms with Crippen LogP contribution in [0, 0.1) is 0 Å². The van der Waals surface area contributed by atoms with Gasteiger partial charge in [0.25, 0.3) is 5.91 Å². The summed E-state index contributed by atoms with van der Waals surface area (Å²) >= 11 is 3.59. The minimum absolute atomic E-state index is 0.145. The third-order valence-electron chi connectivity index (χ3n) is 5.29. The summed E-state index contributed by atoms with van der Waals surface area (Å²) in [6.45, 7) is 3.83. The SMILES string of the molecule is Cn1ncc(Br)c1-c1cc(NC(=O)c2ccccc2)ccc1OCCN1CCCC1. The van der Waals surface area contributed by atoms with E-state index in [4.69, 9.17) is 4.74 Å². The Kier molecular flexibility index (Phi) is 6.50. The van der Waals surface area contributed by atoms with Gasteiger partial charge in [0.2, 0.25) is 0 Å². The lowest BCUT2D eigenvalue weighted by Crippen LogP contribution is -2.25. The molecule has 1 aromatic heterocycles. The van der Waals surface area contributed by atoms with E-state index in [1.165, 1.54) is 12.8 Å². The lowest BCUT2D eigenvalue weighted by molar-refractivity contribution is 0.102. The summed E-state index contributed by atoms with van der Waals surface area (Å²) in [5.74, 6) is 0.629. The Hall–Kier alpha value is -2.64. The average Bonchev–Trinajstić information content (AvgIpc) is 3.39. The molecule has 2 heterocycles. The number of likely N-dealkylation sites (tertiary alicyclic amines) is 1. The minimum atomic E-state index is -0.145. The van der Waals surface area contributed by atoms with Crippen LogP contribution in [0.5, 0.6) is 5.75 Å². The van der Waals surface area contributed by atoms with E-state index in [-0.39, 0.29) is 5.91 Å². The quantitative estimate of drug-likeness (QED) is 0.551. The Bertz CT molecular complexity index is 994. The molecule has 4 rings (SSSR count). The number of nitrogens with one attached hydrogen (secondary N) is 1. The summed E-state index contributed by atoms with van der Waals surface area (Å²) in [6.07, 6.45) is 4.30. The normalized spacial score (nSPS) is 14.1. The third-order valence-corrected chi connectivity index (χ3v) is 5.87. The van der Waals surface area contributed by atoms with E-state index < -0.39 is 0 Å². The maximum Gasteiger partial charge on any atom is 0.255 e. The summed E-state index contributed by atoms with van der Waals surface area (Å²) < 4.78 is 8.84. The number of rotatable bonds is 7. The monoisotopic (exact) mass is 468 g/mol. The predicted molar refractivity (Wildman–Crippen MR) is 122 cm³/mol. The molecule has 6 nitrogen and oxygen atoms in total. The highest BCUT2D eigenvalue weighted by Crippen LogP contribution is 2.36. The van der Waals surface area contributed by atoms with Gasteiger partial charge in [0.05, 0.1) is 16.4 Å². The van der Waals surface area contributed by atoms with Crippen LogP contribution in [-0.4, -0.2) is 46.8 Å². The van der Waals surface area contributed by atoms with E-state index in [9.17, 15) is 4.79 Å². The molecule has 30 heavy (non-hydrogen) atoms. The molecule has 1 fully saturated rings. The number of carbonyl (C=O) groups is 1. The first-order valence-electron chi connectivity index (χ1n) is 10.2. The smallest absolute Gasteiger partial charge is 0.255 e. The van der Waals surface area contributed by atoms with Crippen molar-refractivity contribution in [3.8, 4) is 17.0 Å². The van der Waals surface area contributed by atoms with Crippen LogP contribution < -0.4 is 10.1 Å². The number of aromatic nitrogens is 2. The number of carbonyl (C=O) groups excluding carboxylic acids is 1. The third kappa shape index (κ3) is 4.74. The van der Waals surface area contributed by atoms with E-state index in [1.807, 2.05) is 43.4 Å². The van der Waals surface area contributed by atoms with Gasteiger partial charge >= 0.3 is 0 Å². The van der Waals surface area contributed by atoms with Crippen molar-refractivity contribution in [1.29, 1.82) is 0 Å². The van der Waals surface area contributed by atoms with Crippen LogP contribution in [0.4, 0.5) is 5.69 Å². The molecule has 1 amide bonds. The molecular weight excluding hydrogens is 444 g/mol. The molecular formula is C23H25BrN4O2. The molecule has 0 saturated carbocycles. The first-order chi connectivity index (χ1) is 14.6. The summed E-state index contributed by atoms with van der Waals surface area (Å²) in [5, 5.41) is 7.31. The first kappa shape index (κ1) is 20.6. The number of halogens is 1. The highest BCUT2D eigenvalue weighted by atomic mass is 79.9. The van der Waals surface area contributed by atoms with Crippen LogP contribution in [0.3, 0.4) is 0 Å². The summed E-state index contributed by atoms with van der Waals surface area (Å²) in [7, 11) is 1.89. The zero-order valence-electron chi connectivity index (χ0n) is 17.0. The topological polar surface area (TPSA) is 59.4 Å². The fourth-order valence-electron chi connectivity index (χ4n) is 3.72. The number of hydrogen-bond acceptors (Lipinski definition) is 4. The zero-order valence-corrected chi connectivity index (χ0v) is 18.6.